The third kappa shape index (κ3) is 5.87. The second-order valence-electron chi connectivity index (χ2n) is 4.67. The van der Waals surface area contributed by atoms with Crippen molar-refractivity contribution in [3.05, 3.63) is 35.9 Å². The van der Waals surface area contributed by atoms with Gasteiger partial charge in [0, 0.05) is 5.75 Å². The molecule has 0 saturated carbocycles. The lowest BCUT2D eigenvalue weighted by Gasteiger charge is -2.12. The molecule has 0 fully saturated rings. The first-order valence-electron chi connectivity index (χ1n) is 6.41. The van der Waals surface area contributed by atoms with Gasteiger partial charge in [-0.2, -0.15) is 0 Å². The Kier molecular flexibility index (Phi) is 6.02. The number of hydrogen-bond donors (Lipinski definition) is 1. The van der Waals surface area contributed by atoms with Crippen LogP contribution in [-0.4, -0.2) is 31.0 Å². The molecule has 4 nitrogen and oxygen atoms in total. The van der Waals surface area contributed by atoms with E-state index in [1.54, 1.807) is 6.92 Å². The highest BCUT2D eigenvalue weighted by molar-refractivity contribution is 7.91. The molecule has 5 heteroatoms. The summed E-state index contributed by atoms with van der Waals surface area (Å²) in [5.74, 6) is -1.50. The molecule has 0 saturated heterocycles. The highest BCUT2D eigenvalue weighted by atomic mass is 32.2. The topological polar surface area (TPSA) is 71.4 Å². The number of aliphatic carboxylic acids is 1. The Morgan fingerprint density at radius 1 is 1.21 bits per heavy atom. The zero-order chi connectivity index (χ0) is 14.3. The Bertz CT molecular complexity index is 493. The molecule has 1 unspecified atom stereocenters. The van der Waals surface area contributed by atoms with Gasteiger partial charge in [-0.25, -0.2) is 8.42 Å². The van der Waals surface area contributed by atoms with Gasteiger partial charge in [0.2, 0.25) is 0 Å². The first kappa shape index (κ1) is 15.7. The summed E-state index contributed by atoms with van der Waals surface area (Å²) in [5.41, 5.74) is 0.919. The molecule has 0 aromatic heterocycles. The molecule has 1 rings (SSSR count). The quantitative estimate of drug-likeness (QED) is 0.794. The zero-order valence-electron chi connectivity index (χ0n) is 11.1. The monoisotopic (exact) mass is 284 g/mol. The number of rotatable bonds is 8. The van der Waals surface area contributed by atoms with Crippen LogP contribution in [0.3, 0.4) is 0 Å². The van der Waals surface area contributed by atoms with Gasteiger partial charge in [-0.3, -0.25) is 4.79 Å². The van der Waals surface area contributed by atoms with E-state index in [-0.39, 0.29) is 17.9 Å². The fourth-order valence-electron chi connectivity index (χ4n) is 1.95. The van der Waals surface area contributed by atoms with E-state index in [4.69, 9.17) is 5.11 Å². The minimum atomic E-state index is -3.12. The number of carbonyl (C=O) groups is 1. The molecule has 0 radical (unpaired) electrons. The van der Waals surface area contributed by atoms with Crippen LogP contribution in [0.2, 0.25) is 0 Å². The first-order chi connectivity index (χ1) is 8.94. The lowest BCUT2D eigenvalue weighted by Crippen LogP contribution is -2.21. The SMILES string of the molecule is CCCS(=O)(=O)CCC(Cc1ccccc1)C(=O)O. The number of carboxylic acids is 1. The molecule has 0 bridgehead atoms. The third-order valence-corrected chi connectivity index (χ3v) is 4.85. The molecule has 0 aliphatic carbocycles. The van der Waals surface area contributed by atoms with Crippen LogP contribution in [0.1, 0.15) is 25.3 Å². The average molecular weight is 284 g/mol. The summed E-state index contributed by atoms with van der Waals surface area (Å²) in [6, 6.07) is 9.28. The Morgan fingerprint density at radius 2 is 1.84 bits per heavy atom. The molecule has 0 spiro atoms. The Labute approximate surface area is 114 Å². The molecule has 19 heavy (non-hydrogen) atoms. The van der Waals surface area contributed by atoms with Crippen LogP contribution in [-0.2, 0) is 21.1 Å². The largest absolute Gasteiger partial charge is 0.481 e. The van der Waals surface area contributed by atoms with Crippen molar-refractivity contribution in [2.45, 2.75) is 26.2 Å². The molecule has 1 aromatic carbocycles. The molecule has 0 aliphatic rings. The van der Waals surface area contributed by atoms with Crippen molar-refractivity contribution in [1.29, 1.82) is 0 Å². The minimum Gasteiger partial charge on any atom is -0.481 e. The van der Waals surface area contributed by atoms with Crippen LogP contribution in [0.4, 0.5) is 0 Å². The van der Waals surface area contributed by atoms with E-state index in [2.05, 4.69) is 0 Å². The fourth-order valence-corrected chi connectivity index (χ4v) is 3.42. The van der Waals surface area contributed by atoms with E-state index in [0.717, 1.165) is 5.56 Å². The van der Waals surface area contributed by atoms with Crippen LogP contribution in [0.15, 0.2) is 30.3 Å². The van der Waals surface area contributed by atoms with Crippen molar-refractivity contribution < 1.29 is 18.3 Å². The molecule has 106 valence electrons. The summed E-state index contributed by atoms with van der Waals surface area (Å²) in [6.07, 6.45) is 1.11. The van der Waals surface area contributed by atoms with E-state index in [9.17, 15) is 13.2 Å². The summed E-state index contributed by atoms with van der Waals surface area (Å²) >= 11 is 0. The Morgan fingerprint density at radius 3 is 2.37 bits per heavy atom. The van der Waals surface area contributed by atoms with Gasteiger partial charge in [-0.05, 0) is 24.8 Å². The zero-order valence-corrected chi connectivity index (χ0v) is 11.9. The molecule has 1 atom stereocenters. The number of sulfone groups is 1. The summed E-state index contributed by atoms with van der Waals surface area (Å²) in [6.45, 7) is 1.80. The second-order valence-corrected chi connectivity index (χ2v) is 6.97. The fraction of sp³-hybridized carbons (Fsp3) is 0.500. The van der Waals surface area contributed by atoms with E-state index in [0.29, 0.717) is 12.8 Å². The predicted molar refractivity (Wildman–Crippen MR) is 74.8 cm³/mol. The van der Waals surface area contributed by atoms with Crippen molar-refractivity contribution in [1.82, 2.24) is 0 Å². The molecule has 0 heterocycles. The molecular weight excluding hydrogens is 264 g/mol. The second kappa shape index (κ2) is 7.28. The summed E-state index contributed by atoms with van der Waals surface area (Å²) in [4.78, 5) is 11.2. The maximum atomic E-state index is 11.6. The van der Waals surface area contributed by atoms with Gasteiger partial charge in [0.25, 0.3) is 0 Å². The molecule has 1 N–H and O–H groups in total. The van der Waals surface area contributed by atoms with E-state index in [1.165, 1.54) is 0 Å². The lowest BCUT2D eigenvalue weighted by atomic mass is 9.97. The van der Waals surface area contributed by atoms with E-state index >= 15 is 0 Å². The van der Waals surface area contributed by atoms with Crippen molar-refractivity contribution in [2.24, 2.45) is 5.92 Å². The normalized spacial score (nSPS) is 13.1. The highest BCUT2D eigenvalue weighted by Gasteiger charge is 2.21. The van der Waals surface area contributed by atoms with Gasteiger partial charge < -0.3 is 5.11 Å². The van der Waals surface area contributed by atoms with E-state index in [1.807, 2.05) is 30.3 Å². The van der Waals surface area contributed by atoms with Gasteiger partial charge in [0.1, 0.15) is 9.84 Å². The van der Waals surface area contributed by atoms with Crippen molar-refractivity contribution >= 4 is 15.8 Å². The summed E-state index contributed by atoms with van der Waals surface area (Å²) in [5, 5.41) is 9.17. The average Bonchev–Trinajstić information content (AvgIpc) is 2.35. The van der Waals surface area contributed by atoms with Crippen LogP contribution in [0, 0.1) is 5.92 Å². The molecule has 1 aromatic rings. The summed E-state index contributed by atoms with van der Waals surface area (Å²) in [7, 11) is -3.12. The van der Waals surface area contributed by atoms with E-state index < -0.39 is 21.7 Å². The Balaban J connectivity index is 2.62. The smallest absolute Gasteiger partial charge is 0.306 e. The minimum absolute atomic E-state index is 0.0510. The van der Waals surface area contributed by atoms with Gasteiger partial charge in [-0.1, -0.05) is 37.3 Å². The van der Waals surface area contributed by atoms with Crippen LogP contribution in [0.25, 0.3) is 0 Å². The van der Waals surface area contributed by atoms with Crippen LogP contribution < -0.4 is 0 Å². The van der Waals surface area contributed by atoms with Gasteiger partial charge in [0.15, 0.2) is 0 Å². The number of hydrogen-bond acceptors (Lipinski definition) is 3. The maximum Gasteiger partial charge on any atom is 0.306 e. The van der Waals surface area contributed by atoms with Crippen molar-refractivity contribution in [2.75, 3.05) is 11.5 Å². The molecule has 0 aliphatic heterocycles. The predicted octanol–water partition coefficient (Wildman–Crippen LogP) is 2.14. The first-order valence-corrected chi connectivity index (χ1v) is 8.24. The summed E-state index contributed by atoms with van der Waals surface area (Å²) < 4.78 is 23.2. The van der Waals surface area contributed by atoms with Crippen LogP contribution >= 0.6 is 0 Å². The van der Waals surface area contributed by atoms with Crippen LogP contribution in [0.5, 0.6) is 0 Å². The standard InChI is InChI=1S/C14H20O4S/c1-2-9-19(17,18)10-8-13(14(15)16)11-12-6-4-3-5-7-12/h3-7,13H,2,8-11H2,1H3,(H,15,16). The highest BCUT2D eigenvalue weighted by Crippen LogP contribution is 2.14. The molecule has 0 amide bonds. The third-order valence-electron chi connectivity index (χ3n) is 2.97. The van der Waals surface area contributed by atoms with Gasteiger partial charge in [-0.15, -0.1) is 0 Å². The molecular formula is C14H20O4S. The lowest BCUT2D eigenvalue weighted by molar-refractivity contribution is -0.141. The maximum absolute atomic E-state index is 11.6. The van der Waals surface area contributed by atoms with Gasteiger partial charge >= 0.3 is 5.97 Å². The van der Waals surface area contributed by atoms with Crippen molar-refractivity contribution in [3.8, 4) is 0 Å². The number of carboxylic acid groups (broad SMARTS) is 1. The van der Waals surface area contributed by atoms with Gasteiger partial charge in [0.05, 0.1) is 11.7 Å². The van der Waals surface area contributed by atoms with Crippen molar-refractivity contribution in [3.63, 3.8) is 0 Å². The Hall–Kier alpha value is -1.36. The number of benzene rings is 1.